The van der Waals surface area contributed by atoms with Crippen LogP contribution < -0.4 is 0 Å². The van der Waals surface area contributed by atoms with Gasteiger partial charge < -0.3 is 9.53 Å². The fraction of sp³-hybridized carbons (Fsp3) is 0.909. The van der Waals surface area contributed by atoms with Crippen molar-refractivity contribution < 1.29 is 17.9 Å². The summed E-state index contributed by atoms with van der Waals surface area (Å²) in [6.07, 6.45) is 2.91. The molecule has 0 aromatic carbocycles. The van der Waals surface area contributed by atoms with Gasteiger partial charge in [0.1, 0.15) is 11.7 Å². The van der Waals surface area contributed by atoms with Gasteiger partial charge in [-0.05, 0) is 6.42 Å². The largest absolute Gasteiger partial charge is 0.380 e. The van der Waals surface area contributed by atoms with E-state index in [9.17, 15) is 13.2 Å². The molecule has 104 valence electrons. The van der Waals surface area contributed by atoms with Crippen LogP contribution in [0.1, 0.15) is 6.42 Å². The maximum Gasteiger partial charge on any atom is 0.164 e. The Morgan fingerprint density at radius 2 is 2.33 bits per heavy atom. The van der Waals surface area contributed by atoms with Gasteiger partial charge in [0.25, 0.3) is 0 Å². The quantitative estimate of drug-likeness (QED) is 0.681. The zero-order valence-corrected chi connectivity index (χ0v) is 12.1. The van der Waals surface area contributed by atoms with Crippen molar-refractivity contribution in [2.45, 2.75) is 11.8 Å². The highest BCUT2D eigenvalue weighted by Gasteiger charge is 2.41. The summed E-state index contributed by atoms with van der Waals surface area (Å²) < 4.78 is 28.9. The van der Waals surface area contributed by atoms with Gasteiger partial charge in [-0.3, -0.25) is 4.90 Å². The lowest BCUT2D eigenvalue weighted by molar-refractivity contribution is -0.117. The number of carbonyl (C=O) groups excluding carboxylic acids is 1. The molecular formula is C11H19NO4S2. The molecule has 2 heterocycles. The second-order valence-corrected chi connectivity index (χ2v) is 8.47. The second kappa shape index (κ2) is 5.48. The van der Waals surface area contributed by atoms with E-state index in [1.165, 1.54) is 6.26 Å². The molecule has 2 atom stereocenters. The summed E-state index contributed by atoms with van der Waals surface area (Å²) in [6, 6.07) is 0. The van der Waals surface area contributed by atoms with Gasteiger partial charge in [-0.15, -0.1) is 0 Å². The summed E-state index contributed by atoms with van der Waals surface area (Å²) in [4.78, 5) is 13.2. The van der Waals surface area contributed by atoms with Crippen LogP contribution in [0.15, 0.2) is 0 Å². The zero-order valence-electron chi connectivity index (χ0n) is 10.5. The van der Waals surface area contributed by atoms with Gasteiger partial charge in [0.2, 0.25) is 0 Å². The Morgan fingerprint density at radius 3 is 2.89 bits per heavy atom. The molecule has 2 aliphatic heterocycles. The zero-order chi connectivity index (χ0) is 13.2. The highest BCUT2D eigenvalue weighted by atomic mass is 32.2. The number of rotatable bonds is 4. The lowest BCUT2D eigenvalue weighted by Gasteiger charge is -2.38. The molecule has 0 spiro atoms. The SMILES string of the molecule is CS(=O)(=O)C1CSCCN1CC1(C=O)CCOC1. The smallest absolute Gasteiger partial charge is 0.164 e. The van der Waals surface area contributed by atoms with Crippen LogP contribution in [0, 0.1) is 5.41 Å². The van der Waals surface area contributed by atoms with Crippen molar-refractivity contribution in [1.82, 2.24) is 4.90 Å². The Labute approximate surface area is 112 Å². The number of carbonyl (C=O) groups is 1. The van der Waals surface area contributed by atoms with Crippen LogP contribution in [-0.4, -0.2) is 69.0 Å². The fourth-order valence-electron chi connectivity index (χ4n) is 2.47. The number of thioether (sulfide) groups is 1. The van der Waals surface area contributed by atoms with Crippen molar-refractivity contribution in [2.75, 3.05) is 44.1 Å². The first kappa shape index (κ1) is 14.3. The van der Waals surface area contributed by atoms with Crippen molar-refractivity contribution in [3.8, 4) is 0 Å². The molecule has 0 N–H and O–H groups in total. The monoisotopic (exact) mass is 293 g/mol. The van der Waals surface area contributed by atoms with Crippen LogP contribution in [0.4, 0.5) is 0 Å². The highest BCUT2D eigenvalue weighted by Crippen LogP contribution is 2.30. The number of aldehydes is 1. The van der Waals surface area contributed by atoms with Crippen LogP contribution in [0.5, 0.6) is 0 Å². The van der Waals surface area contributed by atoms with E-state index in [0.717, 1.165) is 18.6 Å². The minimum absolute atomic E-state index is 0.413. The van der Waals surface area contributed by atoms with Crippen molar-refractivity contribution in [3.63, 3.8) is 0 Å². The van der Waals surface area contributed by atoms with Gasteiger partial charge in [0, 0.05) is 37.5 Å². The van der Waals surface area contributed by atoms with Crippen LogP contribution in [0.25, 0.3) is 0 Å². The van der Waals surface area contributed by atoms with E-state index in [1.54, 1.807) is 11.8 Å². The summed E-state index contributed by atoms with van der Waals surface area (Å²) in [7, 11) is -3.10. The fourth-order valence-corrected chi connectivity index (χ4v) is 5.41. The maximum absolute atomic E-state index is 11.8. The van der Waals surface area contributed by atoms with E-state index in [1.807, 2.05) is 4.90 Å². The normalized spacial score (nSPS) is 34.6. The summed E-state index contributed by atoms with van der Waals surface area (Å²) in [5, 5.41) is -0.464. The number of sulfone groups is 1. The summed E-state index contributed by atoms with van der Waals surface area (Å²) in [6.45, 7) is 2.22. The Balaban J connectivity index is 2.12. The van der Waals surface area contributed by atoms with Gasteiger partial charge in [-0.2, -0.15) is 11.8 Å². The Hall–Kier alpha value is -0.110. The summed E-state index contributed by atoms with van der Waals surface area (Å²) in [5.41, 5.74) is -0.509. The molecule has 0 bridgehead atoms. The molecule has 0 saturated carbocycles. The Kier molecular flexibility index (Phi) is 4.36. The van der Waals surface area contributed by atoms with E-state index in [2.05, 4.69) is 0 Å². The van der Waals surface area contributed by atoms with E-state index >= 15 is 0 Å². The predicted octanol–water partition coefficient (Wildman–Crippen LogP) is 0.0115. The number of hydrogen-bond acceptors (Lipinski definition) is 6. The van der Waals surface area contributed by atoms with E-state index in [4.69, 9.17) is 4.74 Å². The van der Waals surface area contributed by atoms with Crippen LogP contribution in [0.2, 0.25) is 0 Å². The highest BCUT2D eigenvalue weighted by molar-refractivity contribution is 8.00. The average molecular weight is 293 g/mol. The van der Waals surface area contributed by atoms with Crippen molar-refractivity contribution in [1.29, 1.82) is 0 Å². The van der Waals surface area contributed by atoms with E-state index < -0.39 is 20.6 Å². The van der Waals surface area contributed by atoms with Gasteiger partial charge >= 0.3 is 0 Å². The maximum atomic E-state index is 11.8. The molecule has 5 nitrogen and oxygen atoms in total. The van der Waals surface area contributed by atoms with Crippen LogP contribution in [0.3, 0.4) is 0 Å². The lowest BCUT2D eigenvalue weighted by atomic mass is 9.88. The van der Waals surface area contributed by atoms with Crippen molar-refractivity contribution >= 4 is 27.9 Å². The third-order valence-electron chi connectivity index (χ3n) is 3.59. The van der Waals surface area contributed by atoms with Crippen LogP contribution >= 0.6 is 11.8 Å². The number of ether oxygens (including phenoxy) is 1. The molecule has 0 radical (unpaired) electrons. The van der Waals surface area contributed by atoms with Crippen molar-refractivity contribution in [3.05, 3.63) is 0 Å². The standard InChI is InChI=1S/C11H19NO4S2/c1-18(14,15)10-6-17-5-3-12(10)7-11(8-13)2-4-16-9-11/h8,10H,2-7,9H2,1H3. The number of nitrogens with zero attached hydrogens (tertiary/aromatic N) is 1. The molecule has 2 aliphatic rings. The average Bonchev–Trinajstić information content (AvgIpc) is 2.78. The Morgan fingerprint density at radius 1 is 1.56 bits per heavy atom. The topological polar surface area (TPSA) is 63.7 Å². The molecule has 0 amide bonds. The molecule has 2 rings (SSSR count). The summed E-state index contributed by atoms with van der Waals surface area (Å²) >= 11 is 1.66. The summed E-state index contributed by atoms with van der Waals surface area (Å²) in [5.74, 6) is 1.51. The molecular weight excluding hydrogens is 274 g/mol. The molecule has 0 aromatic heterocycles. The van der Waals surface area contributed by atoms with Crippen LogP contribution in [-0.2, 0) is 19.4 Å². The lowest BCUT2D eigenvalue weighted by Crippen LogP contribution is -2.51. The Bertz CT molecular complexity index is 403. The van der Waals surface area contributed by atoms with Gasteiger partial charge in [0.15, 0.2) is 9.84 Å². The molecule has 0 aromatic rings. The molecule has 2 unspecified atom stereocenters. The predicted molar refractivity (Wildman–Crippen MR) is 71.5 cm³/mol. The third kappa shape index (κ3) is 3.07. The first-order valence-electron chi connectivity index (χ1n) is 6.02. The third-order valence-corrected chi connectivity index (χ3v) is 6.27. The number of hydrogen-bond donors (Lipinski definition) is 0. The molecule has 2 saturated heterocycles. The minimum Gasteiger partial charge on any atom is -0.380 e. The minimum atomic E-state index is -3.10. The van der Waals surface area contributed by atoms with Crippen molar-refractivity contribution in [2.24, 2.45) is 5.41 Å². The first-order chi connectivity index (χ1) is 8.47. The molecule has 0 aliphatic carbocycles. The molecule has 18 heavy (non-hydrogen) atoms. The van der Waals surface area contributed by atoms with E-state index in [-0.39, 0.29) is 0 Å². The second-order valence-electron chi connectivity index (χ2n) is 5.11. The van der Waals surface area contributed by atoms with Gasteiger partial charge in [-0.1, -0.05) is 0 Å². The van der Waals surface area contributed by atoms with E-state index in [0.29, 0.717) is 31.9 Å². The molecule has 2 fully saturated rings. The van der Waals surface area contributed by atoms with Gasteiger partial charge in [-0.25, -0.2) is 8.42 Å². The molecule has 7 heteroatoms. The first-order valence-corrected chi connectivity index (χ1v) is 9.13. The van der Waals surface area contributed by atoms with Gasteiger partial charge in [0.05, 0.1) is 12.0 Å².